The molecule has 0 spiro atoms. The third-order valence-corrected chi connectivity index (χ3v) is 5.16. The summed E-state index contributed by atoms with van der Waals surface area (Å²) in [6.07, 6.45) is 0.324. The summed E-state index contributed by atoms with van der Waals surface area (Å²) >= 11 is 0. The minimum absolute atomic E-state index is 0.0407. The average Bonchev–Trinajstić information content (AvgIpc) is 2.72. The van der Waals surface area contributed by atoms with Crippen molar-refractivity contribution in [2.24, 2.45) is 0 Å². The number of ether oxygens (including phenoxy) is 1. The van der Waals surface area contributed by atoms with Gasteiger partial charge < -0.3 is 19.4 Å². The lowest BCUT2D eigenvalue weighted by Gasteiger charge is -2.29. The van der Waals surface area contributed by atoms with E-state index < -0.39 is 5.63 Å². The van der Waals surface area contributed by atoms with Gasteiger partial charge in [-0.3, -0.25) is 9.59 Å². The van der Waals surface area contributed by atoms with Crippen LogP contribution in [-0.4, -0.2) is 25.5 Å². The summed E-state index contributed by atoms with van der Waals surface area (Å²) < 4.78 is 10.6. The van der Waals surface area contributed by atoms with Crippen molar-refractivity contribution in [2.45, 2.75) is 19.8 Å². The normalized spacial score (nSPS) is 13.2. The summed E-state index contributed by atoms with van der Waals surface area (Å²) in [5.74, 6) is 0.137. The van der Waals surface area contributed by atoms with Crippen LogP contribution >= 0.6 is 0 Å². The maximum atomic E-state index is 12.8. The number of carbonyl (C=O) groups excluding carboxylic acids is 2. The van der Waals surface area contributed by atoms with E-state index >= 15 is 0 Å². The van der Waals surface area contributed by atoms with E-state index in [0.717, 1.165) is 10.9 Å². The fourth-order valence-electron chi connectivity index (χ4n) is 3.61. The van der Waals surface area contributed by atoms with Gasteiger partial charge in [-0.2, -0.15) is 0 Å². The zero-order valence-electron chi connectivity index (χ0n) is 16.2. The number of fused-ring (bicyclic) bond motifs is 2. The first kappa shape index (κ1) is 18.7. The Bertz CT molecular complexity index is 1180. The number of rotatable bonds is 4. The van der Waals surface area contributed by atoms with Crippen molar-refractivity contribution >= 4 is 34.2 Å². The SMILES string of the molecule is COc1ccc2c(C)c(CCC(=O)N3CC(=O)Nc4ccccc43)c(=O)oc2c1. The molecule has 0 atom stereocenters. The van der Waals surface area contributed by atoms with Crippen molar-refractivity contribution in [3.05, 3.63) is 64.0 Å². The minimum atomic E-state index is -0.465. The van der Waals surface area contributed by atoms with Crippen LogP contribution < -0.4 is 20.6 Å². The number of carbonyl (C=O) groups is 2. The Morgan fingerprint density at radius 1 is 1.21 bits per heavy atom. The Kier molecular flexibility index (Phi) is 4.80. The molecule has 29 heavy (non-hydrogen) atoms. The zero-order valence-corrected chi connectivity index (χ0v) is 16.2. The van der Waals surface area contributed by atoms with Crippen molar-refractivity contribution in [1.29, 1.82) is 0 Å². The van der Waals surface area contributed by atoms with Crippen LogP contribution in [0.4, 0.5) is 11.4 Å². The lowest BCUT2D eigenvalue weighted by atomic mass is 10.0. The Morgan fingerprint density at radius 2 is 2.00 bits per heavy atom. The number of anilines is 2. The van der Waals surface area contributed by atoms with Crippen LogP contribution in [0.25, 0.3) is 11.0 Å². The molecule has 0 bridgehead atoms. The molecule has 2 heterocycles. The van der Waals surface area contributed by atoms with E-state index in [0.29, 0.717) is 28.3 Å². The Labute approximate surface area is 166 Å². The number of benzene rings is 2. The molecule has 1 N–H and O–H groups in total. The highest BCUT2D eigenvalue weighted by Crippen LogP contribution is 2.30. The third-order valence-electron chi connectivity index (χ3n) is 5.16. The quantitative estimate of drug-likeness (QED) is 0.690. The molecule has 2 aromatic carbocycles. The summed E-state index contributed by atoms with van der Waals surface area (Å²) in [5, 5.41) is 3.56. The molecule has 0 fully saturated rings. The molecule has 1 aromatic heterocycles. The lowest BCUT2D eigenvalue weighted by molar-refractivity contribution is -0.121. The molecule has 0 aliphatic carbocycles. The van der Waals surface area contributed by atoms with Crippen molar-refractivity contribution in [3.8, 4) is 5.75 Å². The van der Waals surface area contributed by atoms with Gasteiger partial charge in [-0.05, 0) is 43.2 Å². The van der Waals surface area contributed by atoms with E-state index in [1.165, 1.54) is 4.90 Å². The van der Waals surface area contributed by atoms with E-state index in [1.807, 2.05) is 19.1 Å². The predicted octanol–water partition coefficient (Wildman–Crippen LogP) is 3.03. The number of hydrogen-bond acceptors (Lipinski definition) is 5. The third kappa shape index (κ3) is 3.47. The van der Waals surface area contributed by atoms with Crippen molar-refractivity contribution in [2.75, 3.05) is 23.9 Å². The molecule has 0 saturated carbocycles. The second-order valence-corrected chi connectivity index (χ2v) is 6.90. The Balaban J connectivity index is 1.59. The molecule has 148 valence electrons. The van der Waals surface area contributed by atoms with Crippen LogP contribution in [0.5, 0.6) is 5.75 Å². The standard InChI is InChI=1S/C22H20N2O5/c1-13-15-8-7-14(28-2)11-19(15)29-22(27)16(13)9-10-21(26)24-12-20(25)23-17-5-3-4-6-18(17)24/h3-8,11H,9-10,12H2,1-2H3,(H,23,25). The maximum Gasteiger partial charge on any atom is 0.339 e. The second kappa shape index (κ2) is 7.43. The molecule has 1 aliphatic heterocycles. The minimum Gasteiger partial charge on any atom is -0.497 e. The number of hydrogen-bond donors (Lipinski definition) is 1. The predicted molar refractivity (Wildman–Crippen MR) is 110 cm³/mol. The highest BCUT2D eigenvalue weighted by Gasteiger charge is 2.26. The highest BCUT2D eigenvalue weighted by molar-refractivity contribution is 6.09. The van der Waals surface area contributed by atoms with E-state index in [-0.39, 0.29) is 31.2 Å². The number of aryl methyl sites for hydroxylation is 1. The summed E-state index contributed by atoms with van der Waals surface area (Å²) in [4.78, 5) is 38.7. The first-order valence-electron chi connectivity index (χ1n) is 9.27. The molecule has 4 rings (SSSR count). The lowest BCUT2D eigenvalue weighted by Crippen LogP contribution is -2.42. The monoisotopic (exact) mass is 392 g/mol. The summed E-state index contributed by atoms with van der Waals surface area (Å²) in [5.41, 5.74) is 2.49. The topological polar surface area (TPSA) is 88.9 Å². The van der Waals surface area contributed by atoms with E-state index in [2.05, 4.69) is 5.32 Å². The fraction of sp³-hybridized carbons (Fsp3) is 0.227. The van der Waals surface area contributed by atoms with Gasteiger partial charge in [0.25, 0.3) is 0 Å². The van der Waals surface area contributed by atoms with Crippen LogP contribution in [0, 0.1) is 6.92 Å². The van der Waals surface area contributed by atoms with Gasteiger partial charge in [0.1, 0.15) is 17.9 Å². The van der Waals surface area contributed by atoms with E-state index in [9.17, 15) is 14.4 Å². The number of para-hydroxylation sites is 2. The van der Waals surface area contributed by atoms with Crippen molar-refractivity contribution in [3.63, 3.8) is 0 Å². The smallest absolute Gasteiger partial charge is 0.339 e. The van der Waals surface area contributed by atoms with Crippen molar-refractivity contribution in [1.82, 2.24) is 0 Å². The van der Waals surface area contributed by atoms with Gasteiger partial charge in [0.15, 0.2) is 0 Å². The molecule has 0 radical (unpaired) electrons. The molecule has 0 unspecified atom stereocenters. The number of nitrogens with one attached hydrogen (secondary N) is 1. The van der Waals surface area contributed by atoms with E-state index in [4.69, 9.17) is 9.15 Å². The molecule has 7 heteroatoms. The van der Waals surface area contributed by atoms with Crippen LogP contribution in [0.1, 0.15) is 17.5 Å². The van der Waals surface area contributed by atoms with Gasteiger partial charge in [0, 0.05) is 23.4 Å². The summed E-state index contributed by atoms with van der Waals surface area (Å²) in [7, 11) is 1.55. The van der Waals surface area contributed by atoms with Gasteiger partial charge in [-0.25, -0.2) is 4.79 Å². The first-order chi connectivity index (χ1) is 14.0. The number of nitrogens with zero attached hydrogens (tertiary/aromatic N) is 1. The van der Waals surface area contributed by atoms with Crippen LogP contribution in [-0.2, 0) is 16.0 Å². The van der Waals surface area contributed by atoms with Crippen LogP contribution in [0.15, 0.2) is 51.7 Å². The van der Waals surface area contributed by atoms with Gasteiger partial charge in [0.05, 0.1) is 18.5 Å². The maximum absolute atomic E-state index is 12.8. The highest BCUT2D eigenvalue weighted by atomic mass is 16.5. The van der Waals surface area contributed by atoms with Crippen molar-refractivity contribution < 1.29 is 18.7 Å². The first-order valence-corrected chi connectivity index (χ1v) is 9.27. The molecule has 3 aromatic rings. The van der Waals surface area contributed by atoms with Gasteiger partial charge in [-0.15, -0.1) is 0 Å². The fourth-order valence-corrected chi connectivity index (χ4v) is 3.61. The zero-order chi connectivity index (χ0) is 20.5. The number of methoxy groups -OCH3 is 1. The summed E-state index contributed by atoms with van der Waals surface area (Å²) in [6, 6.07) is 12.5. The molecular formula is C22H20N2O5. The molecule has 1 aliphatic rings. The average molecular weight is 392 g/mol. The van der Waals surface area contributed by atoms with Gasteiger partial charge in [0.2, 0.25) is 11.8 Å². The summed E-state index contributed by atoms with van der Waals surface area (Å²) in [6.45, 7) is 1.80. The van der Waals surface area contributed by atoms with Crippen LogP contribution in [0.2, 0.25) is 0 Å². The second-order valence-electron chi connectivity index (χ2n) is 6.90. The Morgan fingerprint density at radius 3 is 2.79 bits per heavy atom. The van der Waals surface area contributed by atoms with Gasteiger partial charge >= 0.3 is 5.63 Å². The Hall–Kier alpha value is -3.61. The molecule has 0 saturated heterocycles. The van der Waals surface area contributed by atoms with Crippen LogP contribution in [0.3, 0.4) is 0 Å². The number of amides is 2. The molecule has 2 amide bonds. The van der Waals surface area contributed by atoms with E-state index in [1.54, 1.807) is 37.4 Å². The molecule has 7 nitrogen and oxygen atoms in total. The largest absolute Gasteiger partial charge is 0.497 e. The molecular weight excluding hydrogens is 372 g/mol. The van der Waals surface area contributed by atoms with Gasteiger partial charge in [-0.1, -0.05) is 12.1 Å².